The van der Waals surface area contributed by atoms with Gasteiger partial charge in [0.1, 0.15) is 11.9 Å². The Labute approximate surface area is 170 Å². The minimum Gasteiger partial charge on any atom is -0.507 e. The number of phenols is 1. The quantitative estimate of drug-likeness (QED) is 0.675. The van der Waals surface area contributed by atoms with Crippen molar-refractivity contribution in [2.45, 2.75) is 57.0 Å². The van der Waals surface area contributed by atoms with Crippen molar-refractivity contribution in [2.75, 3.05) is 0 Å². The van der Waals surface area contributed by atoms with E-state index in [1.54, 1.807) is 24.4 Å². The third kappa shape index (κ3) is 3.58. The predicted molar refractivity (Wildman–Crippen MR) is 105 cm³/mol. The molecule has 0 amide bonds. The number of rotatable bonds is 4. The third-order valence-corrected chi connectivity index (χ3v) is 6.33. The molecule has 0 saturated carbocycles. The van der Waals surface area contributed by atoms with Crippen molar-refractivity contribution < 1.29 is 14.2 Å². The average molecular weight is 416 g/mol. The Morgan fingerprint density at radius 3 is 3.00 bits per heavy atom. The van der Waals surface area contributed by atoms with Gasteiger partial charge in [0.25, 0.3) is 5.19 Å². The molecule has 10 heteroatoms. The molecule has 2 aromatic heterocycles. The molecule has 2 aliphatic heterocycles. The number of aromatic hydroxyl groups is 1. The van der Waals surface area contributed by atoms with Crippen LogP contribution in [0, 0.1) is 6.92 Å². The molecule has 152 valence electrons. The average Bonchev–Trinajstić information content (AvgIpc) is 3.35. The van der Waals surface area contributed by atoms with Crippen molar-refractivity contribution in [3.05, 3.63) is 30.1 Å². The second-order valence-corrected chi connectivity index (χ2v) is 8.53. The molecule has 0 radical (unpaired) electrons. The van der Waals surface area contributed by atoms with E-state index < -0.39 is 12.3 Å². The fourth-order valence-electron chi connectivity index (χ4n) is 4.06. The summed E-state index contributed by atoms with van der Waals surface area (Å²) in [6.07, 6.45) is 3.64. The van der Waals surface area contributed by atoms with Crippen LogP contribution in [-0.2, 0) is 0 Å². The molecule has 29 heavy (non-hydrogen) atoms. The molecular weight excluding hydrogens is 395 g/mol. The second kappa shape index (κ2) is 7.34. The minimum atomic E-state index is -1.06. The number of hydrogen-bond donors (Lipinski definition) is 2. The number of piperidine rings is 2. The van der Waals surface area contributed by atoms with E-state index in [2.05, 4.69) is 25.7 Å². The molecule has 2 N–H and O–H groups in total. The lowest BCUT2D eigenvalue weighted by molar-refractivity contribution is 0.00888. The van der Waals surface area contributed by atoms with E-state index in [-0.39, 0.29) is 11.8 Å². The first-order chi connectivity index (χ1) is 14.1. The summed E-state index contributed by atoms with van der Waals surface area (Å²) in [6, 6.07) is 5.26. The third-order valence-electron chi connectivity index (χ3n) is 5.48. The van der Waals surface area contributed by atoms with Crippen molar-refractivity contribution in [2.24, 2.45) is 0 Å². The molecule has 3 aromatic rings. The Balaban J connectivity index is 1.33. The Kier molecular flexibility index (Phi) is 4.67. The number of phenolic OH excluding ortho intramolecular Hbond substituents is 1. The summed E-state index contributed by atoms with van der Waals surface area (Å²) >= 11 is 1.20. The van der Waals surface area contributed by atoms with Gasteiger partial charge in [-0.05, 0) is 31.9 Å². The monoisotopic (exact) mass is 416 g/mol. The van der Waals surface area contributed by atoms with Gasteiger partial charge >= 0.3 is 0 Å². The molecule has 2 aliphatic rings. The summed E-state index contributed by atoms with van der Waals surface area (Å²) in [6.45, 7) is 1.85. The predicted octanol–water partition coefficient (Wildman–Crippen LogP) is 2.80. The molecule has 1 aromatic carbocycles. The van der Waals surface area contributed by atoms with Gasteiger partial charge in [0.05, 0.1) is 23.1 Å². The van der Waals surface area contributed by atoms with Crippen LogP contribution in [0.3, 0.4) is 0 Å². The number of aromatic nitrogens is 5. The van der Waals surface area contributed by atoms with Crippen LogP contribution in [-0.4, -0.2) is 54.7 Å². The highest BCUT2D eigenvalue weighted by atomic mass is 32.1. The van der Waals surface area contributed by atoms with Gasteiger partial charge in [0.15, 0.2) is 11.2 Å². The fraction of sp³-hybridized carbons (Fsp3) is 0.474. The molecule has 5 rings (SSSR count). The highest BCUT2D eigenvalue weighted by Gasteiger charge is 2.41. The number of nitrogens with one attached hydrogen (secondary N) is 1. The van der Waals surface area contributed by atoms with E-state index in [1.165, 1.54) is 16.1 Å². The fourth-order valence-corrected chi connectivity index (χ4v) is 4.84. The molecule has 2 fully saturated rings. The largest absolute Gasteiger partial charge is 0.507 e. The molecule has 0 spiro atoms. The van der Waals surface area contributed by atoms with Gasteiger partial charge in [-0.25, -0.2) is 4.39 Å². The van der Waals surface area contributed by atoms with E-state index >= 15 is 0 Å². The van der Waals surface area contributed by atoms with Crippen molar-refractivity contribution in [3.8, 4) is 27.2 Å². The van der Waals surface area contributed by atoms with E-state index in [9.17, 15) is 9.50 Å². The first-order valence-corrected chi connectivity index (χ1v) is 10.5. The number of benzene rings is 1. The zero-order valence-corrected chi connectivity index (χ0v) is 16.6. The van der Waals surface area contributed by atoms with Gasteiger partial charge < -0.3 is 15.2 Å². The van der Waals surface area contributed by atoms with Gasteiger partial charge in [-0.15, -0.1) is 5.10 Å². The standard InChI is InChI=1S/C19H21FN6O2S/c1-10-9-21-26(25-10)12-5-6-13(15(27)8-12)18-23-24-19(29-18)28-16-7-11-3-2-4-14(22-11)17(16)20/h5-6,8-9,11,14,16-17,22,27H,2-4,7H2,1H3/t11-,14+,16-,17-/m0/s1. The van der Waals surface area contributed by atoms with Crippen LogP contribution in [0.15, 0.2) is 24.4 Å². The van der Waals surface area contributed by atoms with Gasteiger partial charge in [-0.2, -0.15) is 15.0 Å². The van der Waals surface area contributed by atoms with Crippen LogP contribution in [0.4, 0.5) is 4.39 Å². The molecular formula is C19H21FN6O2S. The maximum absolute atomic E-state index is 14.7. The van der Waals surface area contributed by atoms with Crippen LogP contribution < -0.4 is 10.1 Å². The molecule has 0 aliphatic carbocycles. The number of alkyl halides is 1. The maximum Gasteiger partial charge on any atom is 0.294 e. The summed E-state index contributed by atoms with van der Waals surface area (Å²) in [5.41, 5.74) is 1.96. The number of halogens is 1. The van der Waals surface area contributed by atoms with Gasteiger partial charge in [0.2, 0.25) is 0 Å². The van der Waals surface area contributed by atoms with E-state index in [4.69, 9.17) is 4.74 Å². The highest BCUT2D eigenvalue weighted by molar-refractivity contribution is 7.16. The van der Waals surface area contributed by atoms with Crippen molar-refractivity contribution in [1.29, 1.82) is 0 Å². The molecule has 2 saturated heterocycles. The normalized spacial score (nSPS) is 26.4. The SMILES string of the molecule is Cc1cnn(-c2ccc(-c3nnc(O[C@H]4C[C@@H]5CCC[C@@H](N5)[C@@H]4F)s3)c(O)c2)n1. The lowest BCUT2D eigenvalue weighted by Crippen LogP contribution is -2.58. The highest BCUT2D eigenvalue weighted by Crippen LogP contribution is 2.37. The summed E-state index contributed by atoms with van der Waals surface area (Å²) in [4.78, 5) is 1.45. The first kappa shape index (κ1) is 18.4. The van der Waals surface area contributed by atoms with Gasteiger partial charge in [-0.3, -0.25) is 0 Å². The lowest BCUT2D eigenvalue weighted by atomic mass is 9.84. The summed E-state index contributed by atoms with van der Waals surface area (Å²) < 4.78 is 20.6. The molecule has 4 heterocycles. The van der Waals surface area contributed by atoms with Crippen LogP contribution in [0.25, 0.3) is 16.3 Å². The minimum absolute atomic E-state index is 0.0416. The smallest absolute Gasteiger partial charge is 0.294 e. The lowest BCUT2D eigenvalue weighted by Gasteiger charge is -2.42. The van der Waals surface area contributed by atoms with Crippen molar-refractivity contribution >= 4 is 11.3 Å². The molecule has 2 bridgehead atoms. The number of hydrogen-bond acceptors (Lipinski definition) is 8. The maximum atomic E-state index is 14.7. The molecule has 0 unspecified atom stereocenters. The molecule has 4 atom stereocenters. The first-order valence-electron chi connectivity index (χ1n) is 9.70. The summed E-state index contributed by atoms with van der Waals surface area (Å²) in [7, 11) is 0. The second-order valence-electron chi connectivity index (χ2n) is 7.59. The van der Waals surface area contributed by atoms with Gasteiger partial charge in [0, 0.05) is 24.6 Å². The van der Waals surface area contributed by atoms with Crippen LogP contribution in [0.5, 0.6) is 10.9 Å². The number of fused-ring (bicyclic) bond motifs is 2. The van der Waals surface area contributed by atoms with E-state index in [0.29, 0.717) is 33.9 Å². The zero-order chi connectivity index (χ0) is 20.0. The van der Waals surface area contributed by atoms with Crippen LogP contribution in [0.1, 0.15) is 31.4 Å². The summed E-state index contributed by atoms with van der Waals surface area (Å²) in [5, 5.41) is 31.2. The number of nitrogens with zero attached hydrogens (tertiary/aromatic N) is 5. The Bertz CT molecular complexity index is 1020. The van der Waals surface area contributed by atoms with Gasteiger partial charge in [-0.1, -0.05) is 22.9 Å². The number of ether oxygens (including phenoxy) is 1. The topological polar surface area (TPSA) is 98.0 Å². The Hall–Kier alpha value is -2.59. The number of aryl methyl sites for hydroxylation is 1. The van der Waals surface area contributed by atoms with E-state index in [1.807, 2.05) is 6.92 Å². The van der Waals surface area contributed by atoms with Crippen LogP contribution >= 0.6 is 11.3 Å². The summed E-state index contributed by atoms with van der Waals surface area (Å²) in [5.74, 6) is 0.0416. The van der Waals surface area contributed by atoms with E-state index in [0.717, 1.165) is 25.0 Å². The molecule has 8 nitrogen and oxygen atoms in total. The van der Waals surface area contributed by atoms with Crippen molar-refractivity contribution in [1.82, 2.24) is 30.5 Å². The van der Waals surface area contributed by atoms with Crippen LogP contribution in [0.2, 0.25) is 0 Å². The zero-order valence-electron chi connectivity index (χ0n) is 15.8. The Morgan fingerprint density at radius 1 is 1.31 bits per heavy atom. The van der Waals surface area contributed by atoms with Crippen molar-refractivity contribution in [3.63, 3.8) is 0 Å². The Morgan fingerprint density at radius 2 is 2.21 bits per heavy atom.